The van der Waals surface area contributed by atoms with Gasteiger partial charge in [0.05, 0.1) is 12.7 Å². The van der Waals surface area contributed by atoms with Crippen LogP contribution < -0.4 is 0 Å². The zero-order valence-corrected chi connectivity index (χ0v) is 8.49. The van der Waals surface area contributed by atoms with Gasteiger partial charge in [-0.15, -0.1) is 0 Å². The zero-order chi connectivity index (χ0) is 9.05. The third-order valence-corrected chi connectivity index (χ3v) is 4.64. The summed E-state index contributed by atoms with van der Waals surface area (Å²) in [6.45, 7) is 5.56. The van der Waals surface area contributed by atoms with Crippen molar-refractivity contribution >= 4 is 0 Å². The van der Waals surface area contributed by atoms with Gasteiger partial charge in [-0.05, 0) is 31.1 Å². The SMILES string of the molecule is CCC[C@@H]1[C@H]2C=C[C@@]23[C@@H]1CO[C@@H]3C. The zero-order valence-electron chi connectivity index (χ0n) is 8.49. The fraction of sp³-hybridized carbons (Fsp3) is 0.833. The summed E-state index contributed by atoms with van der Waals surface area (Å²) in [5, 5.41) is 0. The molecule has 1 heterocycles. The minimum Gasteiger partial charge on any atom is -0.377 e. The van der Waals surface area contributed by atoms with Crippen molar-refractivity contribution in [3.8, 4) is 0 Å². The Kier molecular flexibility index (Phi) is 1.48. The highest BCUT2D eigenvalue weighted by Gasteiger charge is 2.68. The van der Waals surface area contributed by atoms with Gasteiger partial charge in [0.1, 0.15) is 0 Å². The van der Waals surface area contributed by atoms with Gasteiger partial charge in [-0.1, -0.05) is 25.5 Å². The second kappa shape index (κ2) is 2.38. The quantitative estimate of drug-likeness (QED) is 0.591. The largest absolute Gasteiger partial charge is 0.377 e. The fourth-order valence-electron chi connectivity index (χ4n) is 3.90. The van der Waals surface area contributed by atoms with Gasteiger partial charge in [0.15, 0.2) is 0 Å². The molecule has 0 bridgehead atoms. The Morgan fingerprint density at radius 1 is 1.54 bits per heavy atom. The lowest BCUT2D eigenvalue weighted by Crippen LogP contribution is -2.61. The molecule has 1 saturated heterocycles. The standard InChI is InChI=1S/C12H18O/c1-3-4-9-10-5-6-12(10)8(2)13-7-11(9)12/h5-6,8-11H,3-4,7H2,1-2H3/t8-,9-,10-,11-,12+/m1/s1. The lowest BCUT2D eigenvalue weighted by atomic mass is 9.40. The molecule has 13 heavy (non-hydrogen) atoms. The third-order valence-electron chi connectivity index (χ3n) is 4.64. The van der Waals surface area contributed by atoms with Crippen LogP contribution >= 0.6 is 0 Å². The molecule has 0 aromatic rings. The number of hydrogen-bond donors (Lipinski definition) is 0. The number of rotatable bonds is 2. The molecule has 1 heteroatoms. The second-order valence-corrected chi connectivity index (χ2v) is 4.92. The average Bonchev–Trinajstić information content (AvgIpc) is 2.40. The summed E-state index contributed by atoms with van der Waals surface area (Å²) in [6, 6.07) is 0. The molecule has 0 radical (unpaired) electrons. The van der Waals surface area contributed by atoms with E-state index in [2.05, 4.69) is 26.0 Å². The molecule has 1 saturated carbocycles. The number of hydrogen-bond acceptors (Lipinski definition) is 1. The van der Waals surface area contributed by atoms with Crippen LogP contribution in [0.4, 0.5) is 0 Å². The van der Waals surface area contributed by atoms with Gasteiger partial charge in [0, 0.05) is 5.41 Å². The second-order valence-electron chi connectivity index (χ2n) is 4.92. The van der Waals surface area contributed by atoms with Crippen molar-refractivity contribution in [2.24, 2.45) is 23.2 Å². The van der Waals surface area contributed by atoms with Crippen LogP contribution in [0.15, 0.2) is 12.2 Å². The van der Waals surface area contributed by atoms with E-state index in [1.54, 1.807) is 0 Å². The molecule has 2 aliphatic carbocycles. The van der Waals surface area contributed by atoms with Crippen molar-refractivity contribution in [3.05, 3.63) is 12.2 Å². The highest BCUT2D eigenvalue weighted by Crippen LogP contribution is 2.69. The number of ether oxygens (including phenoxy) is 1. The van der Waals surface area contributed by atoms with E-state index in [0.717, 1.165) is 24.4 Å². The van der Waals surface area contributed by atoms with Gasteiger partial charge >= 0.3 is 0 Å². The van der Waals surface area contributed by atoms with E-state index in [0.29, 0.717) is 11.5 Å². The van der Waals surface area contributed by atoms with E-state index < -0.39 is 0 Å². The first-order valence-electron chi connectivity index (χ1n) is 5.61. The summed E-state index contributed by atoms with van der Waals surface area (Å²) in [5.41, 5.74) is 0.500. The van der Waals surface area contributed by atoms with Gasteiger partial charge in [-0.25, -0.2) is 0 Å². The Morgan fingerprint density at radius 2 is 2.38 bits per heavy atom. The Morgan fingerprint density at radius 3 is 3.00 bits per heavy atom. The Labute approximate surface area is 80.2 Å². The van der Waals surface area contributed by atoms with E-state index in [-0.39, 0.29) is 0 Å². The maximum Gasteiger partial charge on any atom is 0.0647 e. The van der Waals surface area contributed by atoms with Crippen molar-refractivity contribution in [1.29, 1.82) is 0 Å². The molecular formula is C12H18O. The first-order chi connectivity index (χ1) is 6.30. The minimum absolute atomic E-state index is 0.487. The normalized spacial score (nSPS) is 56.5. The lowest BCUT2D eigenvalue weighted by molar-refractivity contribution is -0.0715. The summed E-state index contributed by atoms with van der Waals surface area (Å²) < 4.78 is 5.79. The summed E-state index contributed by atoms with van der Waals surface area (Å²) in [6.07, 6.45) is 8.06. The van der Waals surface area contributed by atoms with Crippen molar-refractivity contribution in [2.45, 2.75) is 32.8 Å². The monoisotopic (exact) mass is 178 g/mol. The maximum absolute atomic E-state index is 5.79. The first-order valence-corrected chi connectivity index (χ1v) is 5.61. The van der Waals surface area contributed by atoms with E-state index in [1.165, 1.54) is 12.8 Å². The van der Waals surface area contributed by atoms with E-state index in [9.17, 15) is 0 Å². The molecule has 0 amide bonds. The first kappa shape index (κ1) is 8.05. The van der Waals surface area contributed by atoms with Crippen LogP contribution in [0.5, 0.6) is 0 Å². The molecular weight excluding hydrogens is 160 g/mol. The van der Waals surface area contributed by atoms with Crippen molar-refractivity contribution in [2.75, 3.05) is 6.61 Å². The molecule has 3 rings (SSSR count). The van der Waals surface area contributed by atoms with Gasteiger partial charge in [0.25, 0.3) is 0 Å². The lowest BCUT2D eigenvalue weighted by Gasteiger charge is -2.62. The van der Waals surface area contributed by atoms with Crippen molar-refractivity contribution < 1.29 is 4.74 Å². The molecule has 5 atom stereocenters. The predicted octanol–water partition coefficient (Wildman–Crippen LogP) is 2.62. The maximum atomic E-state index is 5.79. The van der Waals surface area contributed by atoms with Gasteiger partial charge in [-0.3, -0.25) is 0 Å². The molecule has 0 unspecified atom stereocenters. The summed E-state index contributed by atoms with van der Waals surface area (Å²) in [7, 11) is 0. The molecule has 72 valence electrons. The predicted molar refractivity (Wildman–Crippen MR) is 52.4 cm³/mol. The van der Waals surface area contributed by atoms with Crippen LogP contribution in [-0.2, 0) is 4.74 Å². The molecule has 3 aliphatic rings. The smallest absolute Gasteiger partial charge is 0.0647 e. The van der Waals surface area contributed by atoms with Gasteiger partial charge < -0.3 is 4.74 Å². The minimum atomic E-state index is 0.487. The fourth-order valence-corrected chi connectivity index (χ4v) is 3.90. The van der Waals surface area contributed by atoms with Crippen molar-refractivity contribution in [3.63, 3.8) is 0 Å². The Balaban J connectivity index is 1.84. The molecule has 2 fully saturated rings. The Bertz CT molecular complexity index is 258. The highest BCUT2D eigenvalue weighted by molar-refractivity contribution is 5.33. The molecule has 1 spiro atoms. The summed E-state index contributed by atoms with van der Waals surface area (Å²) in [5.74, 6) is 2.67. The van der Waals surface area contributed by atoms with Crippen LogP contribution in [-0.4, -0.2) is 12.7 Å². The number of allylic oxidation sites excluding steroid dienone is 1. The van der Waals surface area contributed by atoms with Gasteiger partial charge in [-0.2, -0.15) is 0 Å². The van der Waals surface area contributed by atoms with Crippen LogP contribution in [0.2, 0.25) is 0 Å². The van der Waals surface area contributed by atoms with E-state index >= 15 is 0 Å². The van der Waals surface area contributed by atoms with Gasteiger partial charge in [0.2, 0.25) is 0 Å². The molecule has 0 aromatic carbocycles. The van der Waals surface area contributed by atoms with Crippen LogP contribution in [0, 0.1) is 23.2 Å². The van der Waals surface area contributed by atoms with E-state index in [4.69, 9.17) is 4.74 Å². The molecule has 1 aliphatic heterocycles. The van der Waals surface area contributed by atoms with Crippen LogP contribution in [0.3, 0.4) is 0 Å². The molecule has 0 aromatic heterocycles. The Hall–Kier alpha value is -0.300. The van der Waals surface area contributed by atoms with Crippen molar-refractivity contribution in [1.82, 2.24) is 0 Å². The highest BCUT2D eigenvalue weighted by atomic mass is 16.5. The average molecular weight is 178 g/mol. The summed E-state index contributed by atoms with van der Waals surface area (Å²) >= 11 is 0. The van der Waals surface area contributed by atoms with Crippen LogP contribution in [0.1, 0.15) is 26.7 Å². The topological polar surface area (TPSA) is 9.23 Å². The third kappa shape index (κ3) is 0.698. The summed E-state index contributed by atoms with van der Waals surface area (Å²) in [4.78, 5) is 0. The van der Waals surface area contributed by atoms with E-state index in [1.807, 2.05) is 0 Å². The van der Waals surface area contributed by atoms with Crippen LogP contribution in [0.25, 0.3) is 0 Å². The molecule has 1 nitrogen and oxygen atoms in total. The molecule has 0 N–H and O–H groups in total.